The maximum atomic E-state index is 6.30. The van der Waals surface area contributed by atoms with E-state index in [-0.39, 0.29) is 5.41 Å². The van der Waals surface area contributed by atoms with Crippen molar-refractivity contribution in [3.8, 4) is 11.3 Å². The summed E-state index contributed by atoms with van der Waals surface area (Å²) in [5.41, 5.74) is 9.03. The zero-order valence-corrected chi connectivity index (χ0v) is 23.5. The van der Waals surface area contributed by atoms with E-state index in [1.807, 2.05) is 19.9 Å². The summed E-state index contributed by atoms with van der Waals surface area (Å²) in [6.45, 7) is 21.0. The van der Waals surface area contributed by atoms with Crippen molar-refractivity contribution in [3.63, 3.8) is 0 Å². The standard InChI is InChI=1S/C29H40BN3.C2H6/c1-7-29(5,6)17-25-23-16-22(30)9-10-26(23)33(8-2)28(25)24-15-21(18-32-27(24)19(3)4)20-11-13-31-14-12-20;1-2/h9-10,15-16,18-20,31H,7-8,11-14,17H2,1-6H3;1-2H3. The van der Waals surface area contributed by atoms with Gasteiger partial charge in [-0.05, 0) is 79.8 Å². The second-order valence-electron chi connectivity index (χ2n) is 10.9. The van der Waals surface area contributed by atoms with Crippen LogP contribution in [0.2, 0.25) is 0 Å². The van der Waals surface area contributed by atoms with Crippen LogP contribution in [0.3, 0.4) is 0 Å². The second-order valence-corrected chi connectivity index (χ2v) is 10.9. The lowest BCUT2D eigenvalue weighted by atomic mass is 9.80. The van der Waals surface area contributed by atoms with E-state index in [4.69, 9.17) is 12.8 Å². The first-order valence-electron chi connectivity index (χ1n) is 13.9. The van der Waals surface area contributed by atoms with Gasteiger partial charge in [0.05, 0.1) is 11.4 Å². The van der Waals surface area contributed by atoms with E-state index >= 15 is 0 Å². The van der Waals surface area contributed by atoms with Gasteiger partial charge in [-0.15, -0.1) is 0 Å². The number of aromatic nitrogens is 2. The van der Waals surface area contributed by atoms with E-state index in [1.165, 1.54) is 51.8 Å². The van der Waals surface area contributed by atoms with Crippen LogP contribution in [0.5, 0.6) is 0 Å². The molecule has 3 heterocycles. The van der Waals surface area contributed by atoms with Gasteiger partial charge < -0.3 is 9.88 Å². The summed E-state index contributed by atoms with van der Waals surface area (Å²) in [5.74, 6) is 0.951. The fourth-order valence-corrected chi connectivity index (χ4v) is 5.38. The lowest BCUT2D eigenvalue weighted by Gasteiger charge is -2.26. The summed E-state index contributed by atoms with van der Waals surface area (Å²) in [7, 11) is 6.30. The van der Waals surface area contributed by atoms with Crippen LogP contribution in [0.25, 0.3) is 22.2 Å². The average molecular weight is 472 g/mol. The number of pyridine rings is 1. The molecule has 1 fully saturated rings. The number of rotatable bonds is 7. The number of aryl methyl sites for hydroxylation is 1. The molecule has 2 aromatic heterocycles. The molecule has 0 bridgehead atoms. The fraction of sp³-hybridized carbons (Fsp3) is 0.581. The molecule has 0 saturated carbocycles. The van der Waals surface area contributed by atoms with Gasteiger partial charge in [-0.2, -0.15) is 0 Å². The first-order valence-corrected chi connectivity index (χ1v) is 13.9. The minimum Gasteiger partial charge on any atom is -0.340 e. The largest absolute Gasteiger partial charge is 0.340 e. The number of hydrogen-bond donors (Lipinski definition) is 1. The molecular weight excluding hydrogens is 425 g/mol. The van der Waals surface area contributed by atoms with Crippen molar-refractivity contribution in [3.05, 3.63) is 47.3 Å². The summed E-state index contributed by atoms with van der Waals surface area (Å²) >= 11 is 0. The number of piperidine rings is 1. The van der Waals surface area contributed by atoms with Gasteiger partial charge in [-0.25, -0.2) is 0 Å². The quantitative estimate of drug-likeness (QED) is 0.372. The number of fused-ring (bicyclic) bond motifs is 1. The van der Waals surface area contributed by atoms with Gasteiger partial charge in [0.25, 0.3) is 0 Å². The Hall–Kier alpha value is -2.07. The van der Waals surface area contributed by atoms with E-state index in [9.17, 15) is 0 Å². The summed E-state index contributed by atoms with van der Waals surface area (Å²) in [5, 5.41) is 4.81. The molecule has 2 radical (unpaired) electrons. The van der Waals surface area contributed by atoms with Crippen LogP contribution in [-0.4, -0.2) is 30.5 Å². The Morgan fingerprint density at radius 3 is 2.40 bits per heavy atom. The highest BCUT2D eigenvalue weighted by molar-refractivity contribution is 6.33. The monoisotopic (exact) mass is 471 g/mol. The van der Waals surface area contributed by atoms with Crippen molar-refractivity contribution in [2.45, 2.75) is 99.5 Å². The molecule has 4 rings (SSSR count). The number of hydrogen-bond acceptors (Lipinski definition) is 2. The van der Waals surface area contributed by atoms with Gasteiger partial charge >= 0.3 is 0 Å². The summed E-state index contributed by atoms with van der Waals surface area (Å²) < 4.78 is 2.50. The minimum atomic E-state index is 0.213. The van der Waals surface area contributed by atoms with Crippen molar-refractivity contribution < 1.29 is 0 Å². The van der Waals surface area contributed by atoms with Crippen molar-refractivity contribution in [1.82, 2.24) is 14.9 Å². The van der Waals surface area contributed by atoms with Crippen LogP contribution in [0, 0.1) is 5.41 Å². The first kappa shape index (κ1) is 27.5. The van der Waals surface area contributed by atoms with Crippen molar-refractivity contribution in [1.29, 1.82) is 0 Å². The average Bonchev–Trinajstić information content (AvgIpc) is 3.17. The molecule has 188 valence electrons. The highest BCUT2D eigenvalue weighted by atomic mass is 15.0. The molecule has 1 N–H and O–H groups in total. The molecule has 0 unspecified atom stereocenters. The van der Waals surface area contributed by atoms with Crippen molar-refractivity contribution >= 4 is 24.2 Å². The van der Waals surface area contributed by atoms with E-state index in [0.717, 1.165) is 37.9 Å². The Morgan fingerprint density at radius 1 is 1.11 bits per heavy atom. The van der Waals surface area contributed by atoms with Gasteiger partial charge in [0, 0.05) is 29.2 Å². The highest BCUT2D eigenvalue weighted by Crippen LogP contribution is 2.42. The summed E-state index contributed by atoms with van der Waals surface area (Å²) in [6, 6.07) is 8.91. The van der Waals surface area contributed by atoms with Gasteiger partial charge in [-0.1, -0.05) is 72.5 Å². The maximum Gasteiger partial charge on any atom is 0.113 e. The van der Waals surface area contributed by atoms with Crippen LogP contribution in [0.4, 0.5) is 0 Å². The van der Waals surface area contributed by atoms with Gasteiger partial charge in [-0.3, -0.25) is 4.98 Å². The van der Waals surface area contributed by atoms with Gasteiger partial charge in [0.1, 0.15) is 7.85 Å². The molecular formula is C31H46BN3. The van der Waals surface area contributed by atoms with Crippen LogP contribution >= 0.6 is 0 Å². The number of nitrogens with zero attached hydrogens (tertiary/aromatic N) is 2. The molecule has 0 spiro atoms. The number of nitrogens with one attached hydrogen (secondary N) is 1. The van der Waals surface area contributed by atoms with E-state index in [1.54, 1.807) is 0 Å². The van der Waals surface area contributed by atoms with E-state index in [2.05, 4.69) is 75.8 Å². The van der Waals surface area contributed by atoms with Crippen molar-refractivity contribution in [2.75, 3.05) is 13.1 Å². The molecule has 3 aromatic rings. The molecule has 0 amide bonds. The van der Waals surface area contributed by atoms with Crippen LogP contribution in [0.15, 0.2) is 30.5 Å². The predicted molar refractivity (Wildman–Crippen MR) is 154 cm³/mol. The predicted octanol–water partition coefficient (Wildman–Crippen LogP) is 7.11. The molecule has 1 aliphatic rings. The Labute approximate surface area is 215 Å². The van der Waals surface area contributed by atoms with Crippen LogP contribution in [0.1, 0.15) is 103 Å². The molecule has 4 heteroatoms. The van der Waals surface area contributed by atoms with Gasteiger partial charge in [0.2, 0.25) is 0 Å². The fourth-order valence-electron chi connectivity index (χ4n) is 5.38. The Kier molecular flexibility index (Phi) is 9.26. The molecule has 1 saturated heterocycles. The zero-order valence-electron chi connectivity index (χ0n) is 23.5. The molecule has 3 nitrogen and oxygen atoms in total. The first-order chi connectivity index (χ1) is 16.8. The van der Waals surface area contributed by atoms with Crippen LogP contribution in [-0.2, 0) is 13.0 Å². The van der Waals surface area contributed by atoms with E-state index in [0.29, 0.717) is 11.8 Å². The summed E-state index contributed by atoms with van der Waals surface area (Å²) in [6.07, 6.45) is 6.69. The third-order valence-corrected chi connectivity index (χ3v) is 7.67. The Balaban J connectivity index is 0.00000167. The van der Waals surface area contributed by atoms with Crippen molar-refractivity contribution in [2.24, 2.45) is 5.41 Å². The molecule has 35 heavy (non-hydrogen) atoms. The third-order valence-electron chi connectivity index (χ3n) is 7.67. The SMILES string of the molecule is CC.[B]c1ccc2c(c1)c(CC(C)(C)CC)c(-c1cc(C3CCNCC3)cnc1C(C)C)n2CC. The second kappa shape index (κ2) is 11.8. The molecule has 0 aliphatic carbocycles. The molecule has 0 atom stereocenters. The van der Waals surface area contributed by atoms with Gasteiger partial charge in [0.15, 0.2) is 0 Å². The maximum absolute atomic E-state index is 6.30. The minimum absolute atomic E-state index is 0.213. The normalized spacial score (nSPS) is 14.9. The zero-order chi connectivity index (χ0) is 25.8. The lowest BCUT2D eigenvalue weighted by molar-refractivity contribution is 0.350. The Morgan fingerprint density at radius 2 is 1.80 bits per heavy atom. The third kappa shape index (κ3) is 5.85. The van der Waals surface area contributed by atoms with E-state index < -0.39 is 0 Å². The highest BCUT2D eigenvalue weighted by Gasteiger charge is 2.27. The molecule has 1 aromatic carbocycles. The Bertz CT molecular complexity index is 1120. The smallest absolute Gasteiger partial charge is 0.113 e. The summed E-state index contributed by atoms with van der Waals surface area (Å²) in [4.78, 5) is 5.09. The number of benzene rings is 1. The molecule has 1 aliphatic heterocycles. The topological polar surface area (TPSA) is 29.9 Å². The van der Waals surface area contributed by atoms with Crippen LogP contribution < -0.4 is 10.8 Å². The lowest BCUT2D eigenvalue weighted by Crippen LogP contribution is -2.26.